The molecule has 1 N–H and O–H groups in total. The van der Waals surface area contributed by atoms with Gasteiger partial charge in [-0.1, -0.05) is 35.7 Å². The van der Waals surface area contributed by atoms with Gasteiger partial charge in [0.1, 0.15) is 0 Å². The Hall–Kier alpha value is -1.31. The Labute approximate surface area is 114 Å². The highest BCUT2D eigenvalue weighted by atomic mass is 16.4. The third-order valence-electron chi connectivity index (χ3n) is 5.20. The lowest BCUT2D eigenvalue weighted by atomic mass is 9.69. The number of aliphatic carboxylic acids is 1. The molecule has 1 aromatic rings. The van der Waals surface area contributed by atoms with Crippen LogP contribution in [0.15, 0.2) is 18.2 Å². The summed E-state index contributed by atoms with van der Waals surface area (Å²) in [7, 11) is 0. The smallest absolute Gasteiger partial charge is 0.310 e. The monoisotopic (exact) mass is 258 g/mol. The van der Waals surface area contributed by atoms with Crippen molar-refractivity contribution in [3.63, 3.8) is 0 Å². The van der Waals surface area contributed by atoms with Crippen LogP contribution >= 0.6 is 0 Å². The third kappa shape index (κ3) is 2.07. The standard InChI is InChI=1S/C17H22O2/c1-11-5-12(2)7-14(6-11)10-17(16(18)19)9-13-3-4-15(17)8-13/h5-7,13,15H,3-4,8-10H2,1-2H3,(H,18,19). The Bertz CT molecular complexity index is 500. The Morgan fingerprint density at radius 1 is 1.26 bits per heavy atom. The number of carboxylic acids is 1. The van der Waals surface area contributed by atoms with Gasteiger partial charge in [-0.15, -0.1) is 0 Å². The van der Waals surface area contributed by atoms with Gasteiger partial charge in [-0.3, -0.25) is 4.79 Å². The van der Waals surface area contributed by atoms with Crippen molar-refractivity contribution in [2.45, 2.75) is 46.0 Å². The Morgan fingerprint density at radius 3 is 2.42 bits per heavy atom. The van der Waals surface area contributed by atoms with Gasteiger partial charge in [-0.05, 0) is 56.9 Å². The average Bonchev–Trinajstić information content (AvgIpc) is 2.87. The highest BCUT2D eigenvalue weighted by Gasteiger charge is 2.55. The topological polar surface area (TPSA) is 37.3 Å². The molecular weight excluding hydrogens is 236 g/mol. The lowest BCUT2D eigenvalue weighted by Crippen LogP contribution is -2.38. The van der Waals surface area contributed by atoms with E-state index in [9.17, 15) is 9.90 Å². The molecule has 19 heavy (non-hydrogen) atoms. The fraction of sp³-hybridized carbons (Fsp3) is 0.588. The number of carbonyl (C=O) groups is 1. The molecule has 0 aliphatic heterocycles. The zero-order valence-electron chi connectivity index (χ0n) is 11.8. The second-order valence-corrected chi connectivity index (χ2v) is 6.71. The number of hydrogen-bond acceptors (Lipinski definition) is 1. The predicted octanol–water partition coefficient (Wildman–Crippen LogP) is 3.74. The molecule has 1 aromatic carbocycles. The first-order valence-corrected chi connectivity index (χ1v) is 7.30. The van der Waals surface area contributed by atoms with Crippen LogP contribution in [-0.2, 0) is 11.2 Å². The van der Waals surface area contributed by atoms with Crippen LogP contribution in [-0.4, -0.2) is 11.1 Å². The SMILES string of the molecule is Cc1cc(C)cc(CC2(C(=O)O)CC3CCC2C3)c1. The van der Waals surface area contributed by atoms with Crippen molar-refractivity contribution < 1.29 is 9.90 Å². The maximum atomic E-state index is 11.9. The number of hydrogen-bond donors (Lipinski definition) is 1. The van der Waals surface area contributed by atoms with Crippen molar-refractivity contribution in [2.24, 2.45) is 17.3 Å². The highest BCUT2D eigenvalue weighted by molar-refractivity contribution is 5.76. The van der Waals surface area contributed by atoms with Crippen LogP contribution in [0.25, 0.3) is 0 Å². The van der Waals surface area contributed by atoms with E-state index in [1.54, 1.807) is 0 Å². The first kappa shape index (κ1) is 12.7. The van der Waals surface area contributed by atoms with Gasteiger partial charge in [0, 0.05) is 0 Å². The number of fused-ring (bicyclic) bond motifs is 2. The lowest BCUT2D eigenvalue weighted by molar-refractivity contribution is -0.152. The van der Waals surface area contributed by atoms with Crippen LogP contribution in [0.2, 0.25) is 0 Å². The molecule has 2 bridgehead atoms. The minimum absolute atomic E-state index is 0.399. The average molecular weight is 258 g/mol. The van der Waals surface area contributed by atoms with Crippen LogP contribution in [0.4, 0.5) is 0 Å². The molecule has 0 heterocycles. The molecule has 2 heteroatoms. The molecule has 3 rings (SSSR count). The number of aryl methyl sites for hydroxylation is 2. The largest absolute Gasteiger partial charge is 0.481 e. The van der Waals surface area contributed by atoms with E-state index in [1.807, 2.05) is 0 Å². The Morgan fingerprint density at radius 2 is 1.95 bits per heavy atom. The summed E-state index contributed by atoms with van der Waals surface area (Å²) in [4.78, 5) is 11.9. The van der Waals surface area contributed by atoms with Crippen LogP contribution < -0.4 is 0 Å². The van der Waals surface area contributed by atoms with E-state index in [1.165, 1.54) is 23.1 Å². The van der Waals surface area contributed by atoms with Gasteiger partial charge in [0.2, 0.25) is 0 Å². The minimum Gasteiger partial charge on any atom is -0.481 e. The molecule has 3 unspecified atom stereocenters. The Balaban J connectivity index is 1.92. The summed E-state index contributed by atoms with van der Waals surface area (Å²) in [5.74, 6) is 0.488. The van der Waals surface area contributed by atoms with E-state index in [0.717, 1.165) is 19.3 Å². The van der Waals surface area contributed by atoms with Crippen LogP contribution in [0.1, 0.15) is 42.4 Å². The van der Waals surface area contributed by atoms with E-state index in [2.05, 4.69) is 32.0 Å². The maximum Gasteiger partial charge on any atom is 0.310 e. The van der Waals surface area contributed by atoms with Gasteiger partial charge < -0.3 is 5.11 Å². The zero-order valence-corrected chi connectivity index (χ0v) is 11.8. The van der Waals surface area contributed by atoms with Crippen molar-refractivity contribution in [3.05, 3.63) is 34.9 Å². The Kier molecular flexibility index (Phi) is 2.92. The first-order valence-electron chi connectivity index (χ1n) is 7.30. The summed E-state index contributed by atoms with van der Waals surface area (Å²) in [5.41, 5.74) is 3.19. The summed E-state index contributed by atoms with van der Waals surface area (Å²) in [6.07, 6.45) is 5.09. The lowest BCUT2D eigenvalue weighted by Gasteiger charge is -2.34. The summed E-state index contributed by atoms with van der Waals surface area (Å²) < 4.78 is 0. The van der Waals surface area contributed by atoms with E-state index in [4.69, 9.17) is 0 Å². The fourth-order valence-electron chi connectivity index (χ4n) is 4.53. The van der Waals surface area contributed by atoms with E-state index < -0.39 is 11.4 Å². The van der Waals surface area contributed by atoms with Crippen molar-refractivity contribution in [1.29, 1.82) is 0 Å². The third-order valence-corrected chi connectivity index (χ3v) is 5.20. The molecule has 0 aromatic heterocycles. The summed E-state index contributed by atoms with van der Waals surface area (Å²) in [5, 5.41) is 9.79. The van der Waals surface area contributed by atoms with E-state index in [-0.39, 0.29) is 0 Å². The van der Waals surface area contributed by atoms with Gasteiger partial charge in [0.15, 0.2) is 0 Å². The molecule has 0 amide bonds. The molecule has 0 radical (unpaired) electrons. The first-order chi connectivity index (χ1) is 8.99. The van der Waals surface area contributed by atoms with Gasteiger partial charge in [-0.25, -0.2) is 0 Å². The predicted molar refractivity (Wildman–Crippen MR) is 75.1 cm³/mol. The molecule has 0 saturated heterocycles. The summed E-state index contributed by atoms with van der Waals surface area (Å²) >= 11 is 0. The van der Waals surface area contributed by atoms with Crippen LogP contribution in [0.5, 0.6) is 0 Å². The second-order valence-electron chi connectivity index (χ2n) is 6.71. The molecule has 2 saturated carbocycles. The van der Waals surface area contributed by atoms with Crippen molar-refractivity contribution in [2.75, 3.05) is 0 Å². The molecule has 0 spiro atoms. The minimum atomic E-state index is -0.571. The molecule has 2 aliphatic carbocycles. The van der Waals surface area contributed by atoms with Gasteiger partial charge in [0.25, 0.3) is 0 Å². The molecule has 2 nitrogen and oxygen atoms in total. The highest BCUT2D eigenvalue weighted by Crippen LogP contribution is 2.57. The normalized spacial score (nSPS) is 32.7. The molecule has 102 valence electrons. The van der Waals surface area contributed by atoms with Gasteiger partial charge in [0.05, 0.1) is 5.41 Å². The number of carboxylic acid groups (broad SMARTS) is 1. The van der Waals surface area contributed by atoms with Gasteiger partial charge in [-0.2, -0.15) is 0 Å². The number of benzene rings is 1. The molecular formula is C17H22O2. The molecule has 2 aliphatic rings. The van der Waals surface area contributed by atoms with Crippen molar-refractivity contribution in [3.8, 4) is 0 Å². The van der Waals surface area contributed by atoms with Crippen LogP contribution in [0, 0.1) is 31.1 Å². The van der Waals surface area contributed by atoms with Crippen LogP contribution in [0.3, 0.4) is 0 Å². The van der Waals surface area contributed by atoms with Crippen molar-refractivity contribution in [1.82, 2.24) is 0 Å². The quantitative estimate of drug-likeness (QED) is 0.896. The van der Waals surface area contributed by atoms with E-state index in [0.29, 0.717) is 18.3 Å². The summed E-state index contributed by atoms with van der Waals surface area (Å²) in [6, 6.07) is 6.46. The molecule has 3 atom stereocenters. The summed E-state index contributed by atoms with van der Waals surface area (Å²) in [6.45, 7) is 4.18. The maximum absolute atomic E-state index is 11.9. The fourth-order valence-corrected chi connectivity index (χ4v) is 4.53. The second kappa shape index (κ2) is 4.36. The zero-order chi connectivity index (χ0) is 13.6. The van der Waals surface area contributed by atoms with Gasteiger partial charge >= 0.3 is 5.97 Å². The molecule has 2 fully saturated rings. The number of rotatable bonds is 3. The van der Waals surface area contributed by atoms with Crippen molar-refractivity contribution >= 4 is 5.97 Å². The van der Waals surface area contributed by atoms with E-state index >= 15 is 0 Å².